The van der Waals surface area contributed by atoms with Crippen molar-refractivity contribution in [2.75, 3.05) is 25.3 Å². The van der Waals surface area contributed by atoms with Crippen molar-refractivity contribution in [3.63, 3.8) is 0 Å². The summed E-state index contributed by atoms with van der Waals surface area (Å²) in [6, 6.07) is 5.71. The molecule has 0 spiro atoms. The van der Waals surface area contributed by atoms with E-state index in [1.807, 2.05) is 0 Å². The van der Waals surface area contributed by atoms with Gasteiger partial charge in [-0.15, -0.1) is 0 Å². The van der Waals surface area contributed by atoms with Crippen molar-refractivity contribution >= 4 is 27.4 Å². The summed E-state index contributed by atoms with van der Waals surface area (Å²) in [7, 11) is -1.21. The lowest BCUT2D eigenvalue weighted by atomic mass is 10.1. The summed E-state index contributed by atoms with van der Waals surface area (Å²) < 4.78 is 39.7. The highest BCUT2D eigenvalue weighted by Crippen LogP contribution is 2.38. The maximum absolute atomic E-state index is 12.1. The zero-order valence-corrected chi connectivity index (χ0v) is 18.8. The molecule has 31 heavy (non-hydrogen) atoms. The average molecular weight is 451 g/mol. The third kappa shape index (κ3) is 5.66. The van der Waals surface area contributed by atoms with E-state index in [1.165, 1.54) is 59.3 Å². The maximum Gasteiger partial charge on any atom is 0.309 e. The number of phenolic OH excluding ortho intramolecular Hbond substituents is 1. The number of hydrogen-bond acceptors (Lipinski definition) is 9. The minimum absolute atomic E-state index is 0.0515. The van der Waals surface area contributed by atoms with E-state index in [9.17, 15) is 23.1 Å². The molecule has 0 saturated carbocycles. The molecule has 0 aliphatic carbocycles. The first-order valence-corrected chi connectivity index (χ1v) is 10.9. The van der Waals surface area contributed by atoms with Crippen LogP contribution in [-0.4, -0.2) is 45.1 Å². The lowest BCUT2D eigenvalue weighted by molar-refractivity contribution is 0.100. The summed E-state index contributed by atoms with van der Waals surface area (Å²) in [6.07, 6.45) is 0. The molecule has 0 unspecified atom stereocenters. The van der Waals surface area contributed by atoms with Crippen LogP contribution in [0.4, 0.5) is 5.69 Å². The van der Waals surface area contributed by atoms with E-state index in [4.69, 9.17) is 13.7 Å². The van der Waals surface area contributed by atoms with Crippen LogP contribution in [-0.2, 0) is 16.7 Å². The number of nitrogens with one attached hydrogen (secondary N) is 1. The van der Waals surface area contributed by atoms with Crippen molar-refractivity contribution < 1.29 is 36.8 Å². The van der Waals surface area contributed by atoms with E-state index >= 15 is 0 Å². The molecule has 0 amide bonds. The normalized spacial score (nSPS) is 11.0. The van der Waals surface area contributed by atoms with Gasteiger partial charge in [0.25, 0.3) is 0 Å². The fraction of sp³-hybridized carbons (Fsp3) is 0.333. The van der Waals surface area contributed by atoms with Gasteiger partial charge in [-0.2, -0.15) is 8.42 Å². The van der Waals surface area contributed by atoms with Gasteiger partial charge in [0.1, 0.15) is 0 Å². The number of benzene rings is 2. The zero-order valence-electron chi connectivity index (χ0n) is 17.9. The SMILES string of the molecule is CCS(=O)(=O)Oc1c(CNc2cc(C(C)=O)cc(OC)c2O)cc(C(C)=O)cc1OC. The number of rotatable bonds is 10. The molecule has 2 aromatic carbocycles. The molecule has 0 bridgehead atoms. The molecular weight excluding hydrogens is 426 g/mol. The van der Waals surface area contributed by atoms with E-state index in [0.717, 1.165) is 0 Å². The second kappa shape index (κ2) is 9.69. The van der Waals surface area contributed by atoms with E-state index in [-0.39, 0.29) is 58.1 Å². The van der Waals surface area contributed by atoms with Crippen molar-refractivity contribution in [1.82, 2.24) is 0 Å². The molecule has 2 rings (SSSR count). The third-order valence-corrected chi connectivity index (χ3v) is 5.62. The average Bonchev–Trinajstić information content (AvgIpc) is 2.72. The first-order valence-electron chi connectivity index (χ1n) is 9.32. The molecule has 0 saturated heterocycles. The Hall–Kier alpha value is -3.27. The number of methoxy groups -OCH3 is 2. The van der Waals surface area contributed by atoms with E-state index in [0.29, 0.717) is 11.1 Å². The first kappa shape index (κ1) is 24.0. The van der Waals surface area contributed by atoms with Crippen LogP contribution >= 0.6 is 0 Å². The highest BCUT2D eigenvalue weighted by Gasteiger charge is 2.21. The Morgan fingerprint density at radius 1 is 0.968 bits per heavy atom. The van der Waals surface area contributed by atoms with Crippen LogP contribution in [0.15, 0.2) is 24.3 Å². The van der Waals surface area contributed by atoms with E-state index < -0.39 is 10.1 Å². The van der Waals surface area contributed by atoms with Crippen LogP contribution < -0.4 is 19.0 Å². The van der Waals surface area contributed by atoms with Crippen molar-refractivity contribution in [2.45, 2.75) is 27.3 Å². The van der Waals surface area contributed by atoms with Crippen LogP contribution in [0.3, 0.4) is 0 Å². The van der Waals surface area contributed by atoms with E-state index in [2.05, 4.69) is 5.32 Å². The van der Waals surface area contributed by atoms with Crippen LogP contribution in [0.1, 0.15) is 47.1 Å². The second-order valence-electron chi connectivity index (χ2n) is 6.64. The van der Waals surface area contributed by atoms with Gasteiger partial charge in [0, 0.05) is 23.2 Å². The highest BCUT2D eigenvalue weighted by molar-refractivity contribution is 7.87. The van der Waals surface area contributed by atoms with Crippen LogP contribution in [0, 0.1) is 0 Å². The topological polar surface area (TPSA) is 128 Å². The van der Waals surface area contributed by atoms with Gasteiger partial charge < -0.3 is 24.1 Å². The predicted molar refractivity (Wildman–Crippen MR) is 115 cm³/mol. The minimum atomic E-state index is -3.89. The van der Waals surface area contributed by atoms with Crippen LogP contribution in [0.5, 0.6) is 23.0 Å². The van der Waals surface area contributed by atoms with Gasteiger partial charge in [0.2, 0.25) is 0 Å². The molecule has 2 aromatic rings. The third-order valence-electron chi connectivity index (χ3n) is 4.49. The van der Waals surface area contributed by atoms with E-state index in [1.54, 1.807) is 0 Å². The highest BCUT2D eigenvalue weighted by atomic mass is 32.2. The molecule has 0 aliphatic heterocycles. The van der Waals surface area contributed by atoms with Crippen molar-refractivity contribution in [1.29, 1.82) is 0 Å². The van der Waals surface area contributed by atoms with Crippen molar-refractivity contribution in [3.05, 3.63) is 41.0 Å². The molecular formula is C21H25NO8S. The van der Waals surface area contributed by atoms with Crippen LogP contribution in [0.25, 0.3) is 0 Å². The zero-order chi connectivity index (χ0) is 23.3. The lowest BCUT2D eigenvalue weighted by Gasteiger charge is -2.18. The largest absolute Gasteiger partial charge is 0.503 e. The smallest absolute Gasteiger partial charge is 0.309 e. The summed E-state index contributed by atoms with van der Waals surface area (Å²) in [5, 5.41) is 13.3. The van der Waals surface area contributed by atoms with Gasteiger partial charge in [0.05, 0.1) is 25.7 Å². The number of aromatic hydroxyl groups is 1. The number of carbonyl (C=O) groups excluding carboxylic acids is 2. The molecule has 10 heteroatoms. The van der Waals surface area contributed by atoms with Gasteiger partial charge in [-0.3, -0.25) is 9.59 Å². The number of anilines is 1. The van der Waals surface area contributed by atoms with Crippen LogP contribution in [0.2, 0.25) is 0 Å². The Balaban J connectivity index is 2.55. The number of ketones is 2. The Kier molecular flexibility index (Phi) is 7.50. The number of carbonyl (C=O) groups is 2. The van der Waals surface area contributed by atoms with Crippen molar-refractivity contribution in [2.24, 2.45) is 0 Å². The molecule has 0 aliphatic rings. The van der Waals surface area contributed by atoms with Gasteiger partial charge in [-0.1, -0.05) is 0 Å². The Labute approximate surface area is 181 Å². The Morgan fingerprint density at radius 3 is 2.03 bits per heavy atom. The summed E-state index contributed by atoms with van der Waals surface area (Å²) >= 11 is 0. The molecule has 2 N–H and O–H groups in total. The summed E-state index contributed by atoms with van der Waals surface area (Å²) in [4.78, 5) is 23.7. The molecule has 0 aromatic heterocycles. The van der Waals surface area contributed by atoms with Gasteiger partial charge in [0.15, 0.2) is 34.6 Å². The fourth-order valence-electron chi connectivity index (χ4n) is 2.72. The van der Waals surface area contributed by atoms with Crippen molar-refractivity contribution in [3.8, 4) is 23.0 Å². The molecule has 0 fully saturated rings. The quantitative estimate of drug-likeness (QED) is 0.318. The molecule has 0 radical (unpaired) electrons. The maximum atomic E-state index is 12.1. The standard InChI is InChI=1S/C21H25NO8S/c1-6-31(26,27)30-21-16(7-14(12(2)23)10-19(21)29-5)11-22-17-8-15(13(3)24)9-18(28-4)20(17)25/h7-10,22,25H,6,11H2,1-5H3. The number of Topliss-reactive ketones (excluding diaryl/α,β-unsaturated/α-hetero) is 2. The molecule has 9 nitrogen and oxygen atoms in total. The number of hydrogen-bond donors (Lipinski definition) is 2. The number of ether oxygens (including phenoxy) is 2. The van der Waals surface area contributed by atoms with Gasteiger partial charge in [-0.25, -0.2) is 0 Å². The predicted octanol–water partition coefficient (Wildman–Crippen LogP) is 3.16. The van der Waals surface area contributed by atoms with Gasteiger partial charge in [-0.05, 0) is 45.0 Å². The first-order chi connectivity index (χ1) is 14.5. The monoisotopic (exact) mass is 451 g/mol. The summed E-state index contributed by atoms with van der Waals surface area (Å²) in [5.74, 6) is -0.902. The minimum Gasteiger partial charge on any atom is -0.503 e. The van der Waals surface area contributed by atoms with Gasteiger partial charge >= 0.3 is 10.1 Å². The summed E-state index contributed by atoms with van der Waals surface area (Å²) in [5.41, 5.74) is 1.07. The molecule has 0 atom stereocenters. The fourth-order valence-corrected chi connectivity index (χ4v) is 3.28. The Morgan fingerprint density at radius 2 is 1.52 bits per heavy atom. The number of phenols is 1. The second-order valence-corrected chi connectivity index (χ2v) is 8.50. The molecule has 0 heterocycles. The summed E-state index contributed by atoms with van der Waals surface area (Å²) in [6.45, 7) is 4.12. The Bertz CT molecular complexity index is 1110. The molecule has 168 valence electrons. The lowest BCUT2D eigenvalue weighted by Crippen LogP contribution is -2.15.